The Morgan fingerprint density at radius 3 is 2.19 bits per heavy atom. The highest BCUT2D eigenvalue weighted by molar-refractivity contribution is 7.89. The number of sulfonamides is 1. The molecule has 1 amide bonds. The van der Waals surface area contributed by atoms with E-state index in [0.717, 1.165) is 25.7 Å². The van der Waals surface area contributed by atoms with Crippen molar-refractivity contribution < 1.29 is 13.2 Å². The number of amides is 1. The number of carbonyl (C=O) groups excluding carboxylic acids is 1. The molecule has 3 rings (SSSR count). The van der Waals surface area contributed by atoms with Crippen LogP contribution in [0.4, 0.5) is 0 Å². The Labute approximate surface area is 167 Å². The maximum atomic E-state index is 12.7. The third-order valence-corrected chi connectivity index (χ3v) is 7.88. The van der Waals surface area contributed by atoms with Gasteiger partial charge in [0.15, 0.2) is 0 Å². The minimum atomic E-state index is -3.48. The van der Waals surface area contributed by atoms with E-state index in [0.29, 0.717) is 30.6 Å². The van der Waals surface area contributed by atoms with Crippen LogP contribution in [0.5, 0.6) is 0 Å². The Bertz CT molecular complexity index is 720. The van der Waals surface area contributed by atoms with Crippen molar-refractivity contribution in [1.29, 1.82) is 0 Å². The van der Waals surface area contributed by atoms with Gasteiger partial charge in [-0.15, -0.1) is 0 Å². The molecule has 0 atom stereocenters. The zero-order valence-corrected chi connectivity index (χ0v) is 17.3. The summed E-state index contributed by atoms with van der Waals surface area (Å²) in [5.41, 5.74) is 0. The second kappa shape index (κ2) is 9.39. The van der Waals surface area contributed by atoms with Gasteiger partial charge in [-0.1, -0.05) is 37.3 Å². The van der Waals surface area contributed by atoms with E-state index in [4.69, 9.17) is 11.6 Å². The van der Waals surface area contributed by atoms with Gasteiger partial charge >= 0.3 is 0 Å². The van der Waals surface area contributed by atoms with Crippen molar-refractivity contribution in [2.45, 2.75) is 68.7 Å². The summed E-state index contributed by atoms with van der Waals surface area (Å²) in [6.45, 7) is 0.929. The van der Waals surface area contributed by atoms with Gasteiger partial charge in [-0.25, -0.2) is 8.42 Å². The van der Waals surface area contributed by atoms with Gasteiger partial charge in [0, 0.05) is 30.6 Å². The van der Waals surface area contributed by atoms with E-state index in [1.54, 1.807) is 24.3 Å². The molecule has 0 radical (unpaired) electrons. The number of rotatable bonds is 5. The minimum Gasteiger partial charge on any atom is -0.353 e. The number of hydrogen-bond donors (Lipinski definition) is 1. The fourth-order valence-electron chi connectivity index (χ4n) is 4.08. The highest BCUT2D eigenvalue weighted by atomic mass is 35.5. The van der Waals surface area contributed by atoms with Crippen molar-refractivity contribution in [1.82, 2.24) is 9.62 Å². The lowest BCUT2D eigenvalue weighted by Gasteiger charge is -2.31. The topological polar surface area (TPSA) is 66.5 Å². The van der Waals surface area contributed by atoms with Crippen LogP contribution in [0.3, 0.4) is 0 Å². The number of carbonyl (C=O) groups is 1. The predicted octanol–water partition coefficient (Wildman–Crippen LogP) is 3.97. The van der Waals surface area contributed by atoms with Crippen molar-refractivity contribution >= 4 is 27.5 Å². The molecular weight excluding hydrogens is 384 g/mol. The molecule has 1 heterocycles. The van der Waals surface area contributed by atoms with E-state index >= 15 is 0 Å². The molecule has 1 aromatic rings. The summed E-state index contributed by atoms with van der Waals surface area (Å²) in [4.78, 5) is 12.6. The van der Waals surface area contributed by atoms with Gasteiger partial charge in [0.05, 0.1) is 4.90 Å². The van der Waals surface area contributed by atoms with E-state index in [9.17, 15) is 13.2 Å². The van der Waals surface area contributed by atoms with E-state index in [1.165, 1.54) is 30.0 Å². The van der Waals surface area contributed by atoms with Crippen LogP contribution in [0.1, 0.15) is 57.8 Å². The van der Waals surface area contributed by atoms with Crippen LogP contribution < -0.4 is 5.32 Å². The molecule has 1 aliphatic heterocycles. The first-order valence-corrected chi connectivity index (χ1v) is 11.8. The first kappa shape index (κ1) is 20.6. The maximum absolute atomic E-state index is 12.7. The summed E-state index contributed by atoms with van der Waals surface area (Å²) in [7, 11) is -3.48. The smallest absolute Gasteiger partial charge is 0.243 e. The third kappa shape index (κ3) is 5.69. The lowest BCUT2D eigenvalue weighted by molar-refractivity contribution is -0.123. The summed E-state index contributed by atoms with van der Waals surface area (Å²) < 4.78 is 27.0. The first-order chi connectivity index (χ1) is 12.9. The molecule has 7 heteroatoms. The molecule has 0 aromatic heterocycles. The third-order valence-electron chi connectivity index (χ3n) is 5.72. The highest BCUT2D eigenvalue weighted by Gasteiger charge is 2.30. The fourth-order valence-corrected chi connectivity index (χ4v) is 5.68. The molecule has 2 aliphatic rings. The molecule has 1 saturated carbocycles. The molecule has 5 nitrogen and oxygen atoms in total. The van der Waals surface area contributed by atoms with E-state index in [1.807, 2.05) is 0 Å². The lowest BCUT2D eigenvalue weighted by Crippen LogP contribution is -2.40. The number of halogens is 1. The SMILES string of the molecule is O=C(CC1CCN(S(=O)(=O)c2ccc(Cl)cc2)CC1)NC1CCCCCC1. The molecule has 1 saturated heterocycles. The van der Waals surface area contributed by atoms with Crippen LogP contribution in [0.25, 0.3) is 0 Å². The average molecular weight is 413 g/mol. The molecule has 1 aliphatic carbocycles. The van der Waals surface area contributed by atoms with Gasteiger partial charge in [-0.3, -0.25) is 4.79 Å². The molecule has 0 bridgehead atoms. The number of hydrogen-bond acceptors (Lipinski definition) is 3. The predicted molar refractivity (Wildman–Crippen MR) is 107 cm³/mol. The Balaban J connectivity index is 1.48. The van der Waals surface area contributed by atoms with Gasteiger partial charge in [-0.2, -0.15) is 4.31 Å². The number of nitrogens with one attached hydrogen (secondary N) is 1. The van der Waals surface area contributed by atoms with Crippen LogP contribution in [0.2, 0.25) is 5.02 Å². The number of benzene rings is 1. The standard InChI is InChI=1S/C20H29ClN2O3S/c21-17-7-9-19(10-8-17)27(25,26)23-13-11-16(12-14-23)15-20(24)22-18-5-3-1-2-4-6-18/h7-10,16,18H,1-6,11-15H2,(H,22,24). The van der Waals surface area contributed by atoms with Gasteiger partial charge in [0.1, 0.15) is 0 Å². The Morgan fingerprint density at radius 2 is 1.59 bits per heavy atom. The monoisotopic (exact) mass is 412 g/mol. The summed E-state index contributed by atoms with van der Waals surface area (Å²) in [6.07, 6.45) is 9.08. The lowest BCUT2D eigenvalue weighted by atomic mass is 9.94. The van der Waals surface area contributed by atoms with E-state index in [-0.39, 0.29) is 16.7 Å². The van der Waals surface area contributed by atoms with Crippen molar-refractivity contribution in [2.75, 3.05) is 13.1 Å². The summed E-state index contributed by atoms with van der Waals surface area (Å²) in [5.74, 6) is 0.383. The van der Waals surface area contributed by atoms with Gasteiger partial charge < -0.3 is 5.32 Å². The average Bonchev–Trinajstić information content (AvgIpc) is 2.91. The molecule has 2 fully saturated rings. The second-order valence-electron chi connectivity index (χ2n) is 7.76. The van der Waals surface area contributed by atoms with Crippen LogP contribution in [-0.2, 0) is 14.8 Å². The summed E-state index contributed by atoms with van der Waals surface area (Å²) in [6, 6.07) is 6.61. The highest BCUT2D eigenvalue weighted by Crippen LogP contribution is 2.26. The number of piperidine rings is 1. The first-order valence-electron chi connectivity index (χ1n) is 10.0. The molecular formula is C20H29ClN2O3S. The molecule has 1 aromatic carbocycles. The van der Waals surface area contributed by atoms with Crippen molar-refractivity contribution in [3.05, 3.63) is 29.3 Å². The minimum absolute atomic E-state index is 0.126. The Morgan fingerprint density at radius 1 is 1.00 bits per heavy atom. The quantitative estimate of drug-likeness (QED) is 0.744. The van der Waals surface area contributed by atoms with Gasteiger partial charge in [0.2, 0.25) is 15.9 Å². The number of nitrogens with zero attached hydrogens (tertiary/aromatic N) is 1. The zero-order valence-electron chi connectivity index (χ0n) is 15.7. The normalized spacial score (nSPS) is 20.9. The molecule has 27 heavy (non-hydrogen) atoms. The van der Waals surface area contributed by atoms with Crippen molar-refractivity contribution in [2.24, 2.45) is 5.92 Å². The maximum Gasteiger partial charge on any atom is 0.243 e. The molecule has 0 unspecified atom stereocenters. The molecule has 150 valence electrons. The van der Waals surface area contributed by atoms with Crippen LogP contribution in [-0.4, -0.2) is 37.8 Å². The Hall–Kier alpha value is -1.11. The van der Waals surface area contributed by atoms with Crippen molar-refractivity contribution in [3.8, 4) is 0 Å². The molecule has 1 N–H and O–H groups in total. The van der Waals surface area contributed by atoms with E-state index < -0.39 is 10.0 Å². The van der Waals surface area contributed by atoms with E-state index in [2.05, 4.69) is 5.32 Å². The fraction of sp³-hybridized carbons (Fsp3) is 0.650. The van der Waals surface area contributed by atoms with Crippen molar-refractivity contribution in [3.63, 3.8) is 0 Å². The van der Waals surface area contributed by atoms with Gasteiger partial charge in [-0.05, 0) is 55.9 Å². The Kier molecular flexibility index (Phi) is 7.17. The van der Waals surface area contributed by atoms with Gasteiger partial charge in [0.25, 0.3) is 0 Å². The van der Waals surface area contributed by atoms with Crippen LogP contribution in [0, 0.1) is 5.92 Å². The zero-order chi connectivity index (χ0) is 19.3. The second-order valence-corrected chi connectivity index (χ2v) is 10.1. The summed E-state index contributed by atoms with van der Waals surface area (Å²) in [5, 5.41) is 3.72. The summed E-state index contributed by atoms with van der Waals surface area (Å²) >= 11 is 5.85. The van der Waals surface area contributed by atoms with Crippen LogP contribution in [0.15, 0.2) is 29.2 Å². The largest absolute Gasteiger partial charge is 0.353 e. The molecule has 0 spiro atoms. The van der Waals surface area contributed by atoms with Crippen LogP contribution >= 0.6 is 11.6 Å².